The van der Waals surface area contributed by atoms with Crippen LogP contribution in [0, 0.1) is 0 Å². The Morgan fingerprint density at radius 3 is 2.71 bits per heavy atom. The molecule has 2 rings (SSSR count). The van der Waals surface area contributed by atoms with Crippen LogP contribution >= 0.6 is 11.6 Å². The monoisotopic (exact) mass is 253 g/mol. The number of hydrogen-bond acceptors (Lipinski definition) is 2. The fraction of sp³-hybridized carbons (Fsp3) is 0.462. The van der Waals surface area contributed by atoms with Crippen molar-refractivity contribution in [2.75, 3.05) is 0 Å². The zero-order valence-electron chi connectivity index (χ0n) is 9.53. The highest BCUT2D eigenvalue weighted by atomic mass is 35.5. The lowest BCUT2D eigenvalue weighted by atomic mass is 9.92. The third kappa shape index (κ3) is 2.99. The van der Waals surface area contributed by atoms with Gasteiger partial charge in [0.25, 0.3) is 5.91 Å². The molecule has 1 aromatic rings. The molecule has 3 nitrogen and oxygen atoms in total. The first-order valence-corrected chi connectivity index (χ1v) is 6.30. The minimum atomic E-state index is -0.435. The van der Waals surface area contributed by atoms with Gasteiger partial charge in [0.05, 0.1) is 22.7 Å². The molecule has 1 fully saturated rings. The van der Waals surface area contributed by atoms with Gasteiger partial charge in [-0.1, -0.05) is 36.6 Å². The van der Waals surface area contributed by atoms with Crippen LogP contribution in [0.25, 0.3) is 0 Å². The van der Waals surface area contributed by atoms with Crippen molar-refractivity contribution in [1.29, 1.82) is 0 Å². The summed E-state index contributed by atoms with van der Waals surface area (Å²) in [7, 11) is 0. The van der Waals surface area contributed by atoms with E-state index in [1.54, 1.807) is 24.3 Å². The number of nitrogens with one attached hydrogen (secondary N) is 1. The van der Waals surface area contributed by atoms with Crippen LogP contribution in [0.3, 0.4) is 0 Å². The molecule has 1 amide bonds. The van der Waals surface area contributed by atoms with Gasteiger partial charge in [-0.15, -0.1) is 0 Å². The molecule has 17 heavy (non-hydrogen) atoms. The Kier molecular flexibility index (Phi) is 4.02. The van der Waals surface area contributed by atoms with E-state index in [1.807, 2.05) is 0 Å². The molecule has 0 saturated heterocycles. The van der Waals surface area contributed by atoms with E-state index in [9.17, 15) is 9.90 Å². The van der Waals surface area contributed by atoms with E-state index in [4.69, 9.17) is 11.6 Å². The number of rotatable bonds is 2. The van der Waals surface area contributed by atoms with E-state index < -0.39 is 6.10 Å². The first-order valence-electron chi connectivity index (χ1n) is 5.92. The lowest BCUT2D eigenvalue weighted by Gasteiger charge is -2.28. The second-order valence-electron chi connectivity index (χ2n) is 4.41. The van der Waals surface area contributed by atoms with Crippen molar-refractivity contribution in [3.63, 3.8) is 0 Å². The van der Waals surface area contributed by atoms with E-state index in [2.05, 4.69) is 5.32 Å². The number of halogens is 1. The highest BCUT2D eigenvalue weighted by molar-refractivity contribution is 6.33. The highest BCUT2D eigenvalue weighted by Crippen LogP contribution is 2.20. The molecule has 2 atom stereocenters. The molecule has 4 heteroatoms. The Labute approximate surface area is 106 Å². The molecular formula is C13H16ClNO2. The van der Waals surface area contributed by atoms with E-state index in [0.717, 1.165) is 25.7 Å². The van der Waals surface area contributed by atoms with Crippen molar-refractivity contribution in [2.45, 2.75) is 37.8 Å². The second kappa shape index (κ2) is 5.52. The summed E-state index contributed by atoms with van der Waals surface area (Å²) in [6.45, 7) is 0. The van der Waals surface area contributed by atoms with Gasteiger partial charge in [0.15, 0.2) is 0 Å². The molecular weight excluding hydrogens is 238 g/mol. The largest absolute Gasteiger partial charge is 0.391 e. The average Bonchev–Trinajstić information content (AvgIpc) is 2.32. The molecule has 1 aliphatic carbocycles. The zero-order chi connectivity index (χ0) is 12.3. The van der Waals surface area contributed by atoms with Gasteiger partial charge in [-0.3, -0.25) is 4.79 Å². The van der Waals surface area contributed by atoms with E-state index in [1.165, 1.54) is 0 Å². The third-order valence-corrected chi connectivity index (χ3v) is 3.49. The molecule has 2 unspecified atom stereocenters. The quantitative estimate of drug-likeness (QED) is 0.850. The molecule has 1 aliphatic rings. The summed E-state index contributed by atoms with van der Waals surface area (Å²) in [5.74, 6) is -0.207. The van der Waals surface area contributed by atoms with Crippen molar-refractivity contribution in [3.05, 3.63) is 34.9 Å². The zero-order valence-corrected chi connectivity index (χ0v) is 10.3. The number of aliphatic hydroxyl groups is 1. The number of benzene rings is 1. The Morgan fingerprint density at radius 1 is 1.29 bits per heavy atom. The third-order valence-electron chi connectivity index (χ3n) is 3.16. The highest BCUT2D eigenvalue weighted by Gasteiger charge is 2.25. The maximum Gasteiger partial charge on any atom is 0.253 e. The molecule has 2 N–H and O–H groups in total. The molecule has 0 aliphatic heterocycles. The van der Waals surface area contributed by atoms with Crippen LogP contribution in [0.15, 0.2) is 24.3 Å². The Morgan fingerprint density at radius 2 is 2.00 bits per heavy atom. The number of carbonyl (C=O) groups excluding carboxylic acids is 1. The number of amides is 1. The summed E-state index contributed by atoms with van der Waals surface area (Å²) in [6, 6.07) is 6.79. The summed E-state index contributed by atoms with van der Waals surface area (Å²) in [6.07, 6.45) is 3.23. The van der Waals surface area contributed by atoms with Crippen LogP contribution in [0.4, 0.5) is 0 Å². The predicted octanol–water partition coefficient (Wildman–Crippen LogP) is 2.37. The van der Waals surface area contributed by atoms with Gasteiger partial charge in [-0.2, -0.15) is 0 Å². The number of hydrogen-bond donors (Lipinski definition) is 2. The Balaban J connectivity index is 2.04. The summed E-state index contributed by atoms with van der Waals surface area (Å²) in [5, 5.41) is 13.1. The maximum atomic E-state index is 12.0. The topological polar surface area (TPSA) is 49.3 Å². The molecule has 0 aromatic heterocycles. The summed E-state index contributed by atoms with van der Waals surface area (Å²) in [4.78, 5) is 12.0. The van der Waals surface area contributed by atoms with Gasteiger partial charge < -0.3 is 10.4 Å². The first kappa shape index (κ1) is 12.4. The SMILES string of the molecule is O=C(NC1CCCCC1O)c1ccccc1Cl. The van der Waals surface area contributed by atoms with Crippen molar-refractivity contribution < 1.29 is 9.90 Å². The van der Waals surface area contributed by atoms with Crippen LogP contribution in [-0.4, -0.2) is 23.2 Å². The predicted molar refractivity (Wildman–Crippen MR) is 67.2 cm³/mol. The average molecular weight is 254 g/mol. The Hall–Kier alpha value is -1.06. The Bertz CT molecular complexity index is 408. The molecule has 0 heterocycles. The van der Waals surface area contributed by atoms with Crippen LogP contribution in [0.5, 0.6) is 0 Å². The lowest BCUT2D eigenvalue weighted by Crippen LogP contribution is -2.45. The van der Waals surface area contributed by atoms with Gasteiger partial charge in [-0.25, -0.2) is 0 Å². The smallest absolute Gasteiger partial charge is 0.253 e. The molecule has 0 bridgehead atoms. The van der Waals surface area contributed by atoms with Crippen LogP contribution < -0.4 is 5.32 Å². The first-order chi connectivity index (χ1) is 8.18. The summed E-state index contributed by atoms with van der Waals surface area (Å²) < 4.78 is 0. The van der Waals surface area contributed by atoms with Crippen molar-refractivity contribution >= 4 is 17.5 Å². The van der Waals surface area contributed by atoms with Crippen molar-refractivity contribution in [1.82, 2.24) is 5.32 Å². The molecule has 1 saturated carbocycles. The number of carbonyl (C=O) groups is 1. The maximum absolute atomic E-state index is 12.0. The van der Waals surface area contributed by atoms with Crippen molar-refractivity contribution in [3.8, 4) is 0 Å². The van der Waals surface area contributed by atoms with E-state index in [-0.39, 0.29) is 11.9 Å². The molecule has 0 spiro atoms. The van der Waals surface area contributed by atoms with Gasteiger partial charge in [0, 0.05) is 0 Å². The van der Waals surface area contributed by atoms with Crippen LogP contribution in [0.2, 0.25) is 5.02 Å². The molecule has 0 radical (unpaired) electrons. The van der Waals surface area contributed by atoms with Crippen LogP contribution in [-0.2, 0) is 0 Å². The molecule has 92 valence electrons. The fourth-order valence-electron chi connectivity index (χ4n) is 2.17. The van der Waals surface area contributed by atoms with Crippen LogP contribution in [0.1, 0.15) is 36.0 Å². The minimum absolute atomic E-state index is 0.146. The van der Waals surface area contributed by atoms with Crippen molar-refractivity contribution in [2.24, 2.45) is 0 Å². The standard InChI is InChI=1S/C13H16ClNO2/c14-10-6-2-1-5-9(10)13(17)15-11-7-3-4-8-12(11)16/h1-2,5-6,11-12,16H,3-4,7-8H2,(H,15,17). The van der Waals surface area contributed by atoms with Gasteiger partial charge >= 0.3 is 0 Å². The van der Waals surface area contributed by atoms with Gasteiger partial charge in [0.2, 0.25) is 0 Å². The fourth-order valence-corrected chi connectivity index (χ4v) is 2.39. The van der Waals surface area contributed by atoms with Gasteiger partial charge in [-0.05, 0) is 25.0 Å². The normalized spacial score (nSPS) is 24.4. The van der Waals surface area contributed by atoms with E-state index >= 15 is 0 Å². The summed E-state index contributed by atoms with van der Waals surface area (Å²) in [5.41, 5.74) is 0.465. The van der Waals surface area contributed by atoms with E-state index in [0.29, 0.717) is 10.6 Å². The number of aliphatic hydroxyl groups excluding tert-OH is 1. The summed E-state index contributed by atoms with van der Waals surface area (Å²) >= 11 is 5.95. The molecule has 1 aromatic carbocycles. The lowest BCUT2D eigenvalue weighted by molar-refractivity contribution is 0.0717. The second-order valence-corrected chi connectivity index (χ2v) is 4.82. The van der Waals surface area contributed by atoms with Gasteiger partial charge in [0.1, 0.15) is 0 Å². The minimum Gasteiger partial charge on any atom is -0.391 e.